The van der Waals surface area contributed by atoms with Crippen LogP contribution in [0.15, 0.2) is 64.0 Å². The SMILES string of the molecule is CNC(=O)C[C@@H]1NC(=O)c2csc(n2)-c2ccc(-c3nc(N(CCCCC(=O)O)C(=O)O[C@H]4CC[C@@](CCCCC(=O)O)(C(=O)O)CC4)cs3)nc2-c2csc(n2)-c2csc(n2)[C@H]([C@@H](O)c2ccccc2)NC(=O)CNC(=O)c2nc(sc2COC)[C@H](C(C)C)NC(=O)c2nc1sc2C. The highest BCUT2D eigenvalue weighted by Gasteiger charge is 2.43. The van der Waals surface area contributed by atoms with Crippen LogP contribution in [-0.4, -0.2) is 142 Å². The number of nitrogens with zero attached hydrogens (tertiary/aromatic N) is 8. The van der Waals surface area contributed by atoms with Gasteiger partial charge in [0.1, 0.15) is 88.3 Å². The van der Waals surface area contributed by atoms with Gasteiger partial charge in [-0.05, 0) is 81.9 Å². The lowest BCUT2D eigenvalue weighted by Gasteiger charge is -2.37. The number of rotatable bonds is 21. The minimum atomic E-state index is -1.32. The smallest absolute Gasteiger partial charge is 0.415 e. The second-order valence-electron chi connectivity index (χ2n) is 23.9. The number of aliphatic hydroxyl groups excluding tert-OH is 1. The fourth-order valence-corrected chi connectivity index (χ4v) is 16.9. The predicted octanol–water partition coefficient (Wildman–Crippen LogP) is 10.2. The predicted molar refractivity (Wildman–Crippen MR) is 371 cm³/mol. The average Bonchev–Trinajstić information content (AvgIpc) is 1.68. The van der Waals surface area contributed by atoms with Crippen molar-refractivity contribution in [3.8, 4) is 43.4 Å². The number of methoxy groups -OCH3 is 1. The van der Waals surface area contributed by atoms with Crippen molar-refractivity contribution in [3.05, 3.63) is 111 Å². The lowest BCUT2D eigenvalue weighted by Crippen LogP contribution is -2.41. The van der Waals surface area contributed by atoms with E-state index in [0.717, 1.165) is 56.7 Å². The van der Waals surface area contributed by atoms with E-state index in [1.807, 2.05) is 13.8 Å². The molecule has 0 radical (unpaired) electrons. The zero-order valence-corrected chi connectivity index (χ0v) is 59.1. The van der Waals surface area contributed by atoms with Crippen LogP contribution in [0.5, 0.6) is 0 Å². The number of pyridine rings is 1. The number of carboxylic acid groups (broad SMARTS) is 3. The van der Waals surface area contributed by atoms with E-state index < -0.39 is 95.8 Å². The third-order valence-electron chi connectivity index (χ3n) is 16.7. The molecule has 7 aromatic heterocycles. The van der Waals surface area contributed by atoms with Crippen LogP contribution >= 0.6 is 68.0 Å². The van der Waals surface area contributed by atoms with Crippen molar-refractivity contribution in [1.29, 1.82) is 0 Å². The van der Waals surface area contributed by atoms with E-state index in [1.165, 1.54) is 30.4 Å². The van der Waals surface area contributed by atoms with Gasteiger partial charge in [-0.1, -0.05) is 50.6 Å². The molecule has 1 saturated carbocycles. The van der Waals surface area contributed by atoms with Gasteiger partial charge >= 0.3 is 24.0 Å². The van der Waals surface area contributed by atoms with E-state index in [4.69, 9.17) is 49.5 Å². The standard InChI is InChI=1S/C65H71N13O15S6/c1-32(2)48-62-77-51(42(99-62)27-92-5)55(87)67-26-45(80)74-52(53(85)34-13-7-6-8-14-34)61-72-41(30-96-61)59-70-39(28-95-59)50-36(57-71-40(29-94-57)54(86)69-38(25-44(79)66-4)60-76-49(33(3)98-60)56(88)75-48)17-18-37(68-50)58-73-43(31-97-58)78(24-12-10-16-47(83)84)64(91)93-35-19-22-65(23-20-35,63(89)90)21-11-9-15-46(81)82/h6-8,13-14,17-18,28-32,35,38,48,52-53,85H,9-12,15-16,19-27H2,1-5H3,(H,66,79)(H,67,87)(H,69,86)(H,74,80)(H,75,88)(H,81,82)(H,83,84)(H,89,90)/t35-,38-,48-,52-,53-,65+/m0/s1. The Morgan fingerprint density at radius 3 is 2.06 bits per heavy atom. The van der Waals surface area contributed by atoms with Crippen LogP contribution in [-0.2, 0) is 40.1 Å². The zero-order chi connectivity index (χ0) is 70.7. The molecule has 8 aromatic rings. The van der Waals surface area contributed by atoms with Gasteiger partial charge in [0.15, 0.2) is 0 Å². The second kappa shape index (κ2) is 32.8. The summed E-state index contributed by atoms with van der Waals surface area (Å²) in [6.07, 6.45) is -0.788. The van der Waals surface area contributed by atoms with Gasteiger partial charge in [0, 0.05) is 65.5 Å². The molecule has 0 unspecified atom stereocenters. The van der Waals surface area contributed by atoms with Gasteiger partial charge in [0.25, 0.3) is 17.7 Å². The maximum Gasteiger partial charge on any atom is 0.415 e. The number of unbranched alkanes of at least 4 members (excludes halogenated alkanes) is 2. The first-order chi connectivity index (χ1) is 47.5. The largest absolute Gasteiger partial charge is 0.481 e. The molecule has 28 nitrogen and oxygen atoms in total. The summed E-state index contributed by atoms with van der Waals surface area (Å²) in [5.74, 6) is -6.10. The van der Waals surface area contributed by atoms with E-state index in [1.54, 1.807) is 70.9 Å². The maximum absolute atomic E-state index is 14.5. The van der Waals surface area contributed by atoms with Crippen LogP contribution in [0.3, 0.4) is 0 Å². The van der Waals surface area contributed by atoms with E-state index in [9.17, 15) is 58.5 Å². The van der Waals surface area contributed by atoms with Crippen molar-refractivity contribution in [2.24, 2.45) is 11.3 Å². The first kappa shape index (κ1) is 72.8. The molecule has 9 N–H and O–H groups in total. The zero-order valence-electron chi connectivity index (χ0n) is 54.2. The number of thiazole rings is 6. The number of hydrogen-bond acceptors (Lipinski definition) is 25. The molecule has 6 amide bonds. The number of benzene rings is 1. The topological polar surface area (TPSA) is 407 Å². The van der Waals surface area contributed by atoms with Gasteiger partial charge in [-0.2, -0.15) is 0 Å². The molecule has 1 aliphatic carbocycles. The number of carbonyl (C=O) groups is 9. The summed E-state index contributed by atoms with van der Waals surface area (Å²) < 4.78 is 11.5. The summed E-state index contributed by atoms with van der Waals surface area (Å²) in [5.41, 5.74) is 1.10. The summed E-state index contributed by atoms with van der Waals surface area (Å²) in [5, 5.41) is 63.6. The normalized spacial score (nSPS) is 18.7. The molecule has 0 spiro atoms. The van der Waals surface area contributed by atoms with Gasteiger partial charge in [-0.3, -0.25) is 43.3 Å². The fourth-order valence-electron chi connectivity index (χ4n) is 11.3. The number of carbonyl (C=O) groups excluding carboxylic acids is 6. The monoisotopic (exact) mass is 1470 g/mol. The molecule has 99 heavy (non-hydrogen) atoms. The number of amides is 6. The van der Waals surface area contributed by atoms with Crippen LogP contribution < -0.4 is 31.5 Å². The van der Waals surface area contributed by atoms with Gasteiger partial charge < -0.3 is 56.5 Å². The molecule has 8 heterocycles. The van der Waals surface area contributed by atoms with E-state index in [2.05, 4.69) is 26.6 Å². The Kier molecular flexibility index (Phi) is 24.2. The van der Waals surface area contributed by atoms with Crippen molar-refractivity contribution in [2.75, 3.05) is 32.1 Å². The number of aliphatic hydroxyl groups is 1. The fraction of sp³-hybridized carbons (Fsp3) is 0.415. The first-order valence-electron chi connectivity index (χ1n) is 31.6. The molecule has 4 atom stereocenters. The highest BCUT2D eigenvalue weighted by molar-refractivity contribution is 7.15. The van der Waals surface area contributed by atoms with E-state index in [-0.39, 0.29) is 117 Å². The third-order valence-corrected chi connectivity index (χ3v) is 22.4. The first-order valence-corrected chi connectivity index (χ1v) is 36.7. The van der Waals surface area contributed by atoms with Gasteiger partial charge in [0.2, 0.25) is 11.8 Å². The summed E-state index contributed by atoms with van der Waals surface area (Å²) in [6, 6.07) is 9.16. The van der Waals surface area contributed by atoms with Crippen LogP contribution in [0.25, 0.3) is 43.4 Å². The number of ether oxygens (including phenoxy) is 2. The molecule has 2 aliphatic rings. The lowest BCUT2D eigenvalue weighted by molar-refractivity contribution is -0.153. The number of aryl methyl sites for hydroxylation is 1. The molecule has 1 fully saturated rings. The number of aromatic nitrogens is 7. The van der Waals surface area contributed by atoms with Gasteiger partial charge in [-0.15, -0.1) is 68.0 Å². The van der Waals surface area contributed by atoms with Crippen molar-refractivity contribution in [3.63, 3.8) is 0 Å². The minimum Gasteiger partial charge on any atom is -0.481 e. The van der Waals surface area contributed by atoms with Crippen molar-refractivity contribution < 1.29 is 73.1 Å². The molecule has 0 saturated heterocycles. The molecule has 10 rings (SSSR count). The molecule has 10 bridgehead atoms. The van der Waals surface area contributed by atoms with Crippen molar-refractivity contribution in [1.82, 2.24) is 61.5 Å². The lowest BCUT2D eigenvalue weighted by atomic mass is 9.70. The highest BCUT2D eigenvalue weighted by atomic mass is 32.1. The Bertz CT molecular complexity index is 4270. The summed E-state index contributed by atoms with van der Waals surface area (Å²) in [6.45, 7) is 4.88. The Balaban J connectivity index is 1.01. The summed E-state index contributed by atoms with van der Waals surface area (Å²) >= 11 is 6.92. The number of hydrogen-bond donors (Lipinski definition) is 9. The van der Waals surface area contributed by atoms with Crippen molar-refractivity contribution >= 4 is 127 Å². The number of nitrogens with one attached hydrogen (secondary N) is 5. The van der Waals surface area contributed by atoms with Crippen LogP contribution in [0.2, 0.25) is 0 Å². The van der Waals surface area contributed by atoms with Crippen LogP contribution in [0.4, 0.5) is 10.6 Å². The Morgan fingerprint density at radius 2 is 1.35 bits per heavy atom. The van der Waals surface area contributed by atoms with Gasteiger partial charge in [-0.25, -0.2) is 39.7 Å². The Labute approximate surface area is 591 Å². The average molecular weight is 1470 g/mol. The Morgan fingerprint density at radius 1 is 0.677 bits per heavy atom. The van der Waals surface area contributed by atoms with Crippen LogP contribution in [0, 0.1) is 18.3 Å². The third kappa shape index (κ3) is 17.8. The van der Waals surface area contributed by atoms with E-state index >= 15 is 0 Å². The molecular weight excluding hydrogens is 1400 g/mol. The molecule has 1 aliphatic heterocycles. The van der Waals surface area contributed by atoms with Crippen LogP contribution in [0.1, 0.15) is 177 Å². The minimum absolute atomic E-state index is 0.0227. The van der Waals surface area contributed by atoms with E-state index in [0.29, 0.717) is 75.8 Å². The summed E-state index contributed by atoms with van der Waals surface area (Å²) in [4.78, 5) is 156. The number of carboxylic acids is 3. The number of fused-ring (bicyclic) bond motifs is 14. The van der Waals surface area contributed by atoms with Gasteiger partial charge in [0.05, 0.1) is 47.6 Å². The molecule has 1 aromatic carbocycles. The quantitative estimate of drug-likeness (QED) is 0.0302. The maximum atomic E-state index is 14.5. The molecule has 522 valence electrons. The number of anilines is 1. The highest BCUT2D eigenvalue weighted by Crippen LogP contribution is 2.44. The summed E-state index contributed by atoms with van der Waals surface area (Å²) in [7, 11) is 2.91. The second-order valence-corrected chi connectivity index (χ2v) is 29.7. The molecule has 34 heteroatoms. The molecular formula is C65H71N13O15S6. The van der Waals surface area contributed by atoms with Crippen molar-refractivity contribution in [2.45, 2.75) is 135 Å². The number of aliphatic carboxylic acids is 3. The Hall–Kier alpha value is -8.90.